The maximum Gasteiger partial charge on any atom is 0.285 e. The molecule has 0 N–H and O–H groups in total. The van der Waals surface area contributed by atoms with Gasteiger partial charge in [-0.3, -0.25) is 4.98 Å². The molecule has 0 radical (unpaired) electrons. The number of pyridine rings is 1. The summed E-state index contributed by atoms with van der Waals surface area (Å²) in [6.45, 7) is 1.95. The molecule has 4 nitrogen and oxygen atoms in total. The second kappa shape index (κ2) is 3.92. The highest BCUT2D eigenvalue weighted by molar-refractivity contribution is 9.10. The summed E-state index contributed by atoms with van der Waals surface area (Å²) in [6.07, 6.45) is 0. The van der Waals surface area contributed by atoms with Crippen molar-refractivity contribution in [1.82, 2.24) is 15.2 Å². The van der Waals surface area contributed by atoms with E-state index in [9.17, 15) is 0 Å². The topological polar surface area (TPSA) is 51.8 Å². The smallest absolute Gasteiger partial charge is 0.285 e. The van der Waals surface area contributed by atoms with Crippen molar-refractivity contribution >= 4 is 26.8 Å². The molecule has 0 amide bonds. The van der Waals surface area contributed by atoms with Crippen molar-refractivity contribution in [2.24, 2.45) is 0 Å². The van der Waals surface area contributed by atoms with Crippen LogP contribution >= 0.6 is 15.9 Å². The fourth-order valence-electron chi connectivity index (χ4n) is 1.80. The van der Waals surface area contributed by atoms with Crippen LogP contribution in [0.3, 0.4) is 0 Å². The number of halogens is 1. The van der Waals surface area contributed by atoms with Crippen molar-refractivity contribution in [1.29, 1.82) is 0 Å². The quantitative estimate of drug-likeness (QED) is 0.689. The van der Waals surface area contributed by atoms with E-state index in [0.717, 1.165) is 22.2 Å². The second-order valence-corrected chi connectivity index (χ2v) is 4.37. The molecule has 0 spiro atoms. The Morgan fingerprint density at radius 2 is 2.00 bits per heavy atom. The Balaban J connectivity index is 2.35. The minimum Gasteiger partial charge on any atom is -0.411 e. The van der Waals surface area contributed by atoms with Gasteiger partial charge in [-0.2, -0.15) is 0 Å². The molecule has 3 aromatic rings. The molecule has 0 unspecified atom stereocenters. The van der Waals surface area contributed by atoms with E-state index in [-0.39, 0.29) is 0 Å². The SMILES string of the molecule is Cc1cc(-c2nnc(Br)o2)c2ccccc2n1. The highest BCUT2D eigenvalue weighted by Crippen LogP contribution is 2.28. The standard InChI is InChI=1S/C12H8BrN3O/c1-7-6-9(11-15-16-12(13)17-11)8-4-2-3-5-10(8)14-7/h2-6H,1H3. The predicted octanol–water partition coefficient (Wildman–Crippen LogP) is 3.36. The summed E-state index contributed by atoms with van der Waals surface area (Å²) in [5.74, 6) is 0.499. The normalized spacial score (nSPS) is 10.9. The molecule has 3 rings (SSSR count). The molecule has 2 aromatic heterocycles. The predicted molar refractivity (Wildman–Crippen MR) is 67.5 cm³/mol. The molecule has 17 heavy (non-hydrogen) atoms. The number of fused-ring (bicyclic) bond motifs is 1. The van der Waals surface area contributed by atoms with E-state index in [1.165, 1.54) is 0 Å². The van der Waals surface area contributed by atoms with Crippen LogP contribution in [0.2, 0.25) is 0 Å². The molecule has 0 aliphatic heterocycles. The van der Waals surface area contributed by atoms with Crippen LogP contribution in [0.4, 0.5) is 0 Å². The fraction of sp³-hybridized carbons (Fsp3) is 0.0833. The number of benzene rings is 1. The number of hydrogen-bond donors (Lipinski definition) is 0. The van der Waals surface area contributed by atoms with Gasteiger partial charge in [-0.05, 0) is 19.1 Å². The third kappa shape index (κ3) is 1.82. The van der Waals surface area contributed by atoms with Crippen molar-refractivity contribution < 1.29 is 4.42 Å². The minimum absolute atomic E-state index is 0.381. The molecule has 0 aliphatic rings. The summed E-state index contributed by atoms with van der Waals surface area (Å²) in [5.41, 5.74) is 2.76. The Labute approximate surface area is 106 Å². The molecular weight excluding hydrogens is 282 g/mol. The number of nitrogens with zero attached hydrogens (tertiary/aromatic N) is 3. The molecular formula is C12H8BrN3O. The summed E-state index contributed by atoms with van der Waals surface area (Å²) in [7, 11) is 0. The lowest BCUT2D eigenvalue weighted by molar-refractivity contribution is 0.541. The van der Waals surface area contributed by atoms with E-state index in [1.807, 2.05) is 37.3 Å². The molecule has 2 heterocycles. The van der Waals surface area contributed by atoms with E-state index < -0.39 is 0 Å². The first-order chi connectivity index (χ1) is 8.24. The number of para-hydroxylation sites is 1. The van der Waals surface area contributed by atoms with Crippen LogP contribution in [0.5, 0.6) is 0 Å². The van der Waals surface area contributed by atoms with Gasteiger partial charge < -0.3 is 4.42 Å². The summed E-state index contributed by atoms with van der Waals surface area (Å²) in [5, 5.41) is 8.80. The van der Waals surface area contributed by atoms with E-state index in [1.54, 1.807) is 0 Å². The monoisotopic (exact) mass is 289 g/mol. The third-order valence-electron chi connectivity index (χ3n) is 2.47. The number of aryl methyl sites for hydroxylation is 1. The maximum absolute atomic E-state index is 5.40. The fourth-order valence-corrected chi connectivity index (χ4v) is 2.03. The maximum atomic E-state index is 5.40. The Hall–Kier alpha value is -1.75. The zero-order chi connectivity index (χ0) is 11.8. The molecule has 0 atom stereocenters. The molecule has 0 fully saturated rings. The van der Waals surface area contributed by atoms with Gasteiger partial charge in [-0.25, -0.2) is 0 Å². The van der Waals surface area contributed by atoms with Crippen LogP contribution in [-0.2, 0) is 0 Å². The first-order valence-electron chi connectivity index (χ1n) is 5.10. The summed E-state index contributed by atoms with van der Waals surface area (Å²) in [4.78, 5) is 4.85. The average molecular weight is 290 g/mol. The molecule has 0 saturated heterocycles. The number of aromatic nitrogens is 3. The van der Waals surface area contributed by atoms with E-state index in [0.29, 0.717) is 10.7 Å². The third-order valence-corrected chi connectivity index (χ3v) is 2.80. The molecule has 0 bridgehead atoms. The highest BCUT2D eigenvalue weighted by atomic mass is 79.9. The Bertz CT molecular complexity index is 693. The van der Waals surface area contributed by atoms with Gasteiger partial charge >= 0.3 is 0 Å². The Morgan fingerprint density at radius 1 is 1.18 bits per heavy atom. The largest absolute Gasteiger partial charge is 0.411 e. The molecule has 5 heteroatoms. The Kier molecular flexibility index (Phi) is 2.40. The molecule has 0 aliphatic carbocycles. The lowest BCUT2D eigenvalue weighted by Crippen LogP contribution is -1.88. The van der Waals surface area contributed by atoms with Crippen LogP contribution in [0, 0.1) is 6.92 Å². The van der Waals surface area contributed by atoms with Crippen molar-refractivity contribution in [2.45, 2.75) is 6.92 Å². The van der Waals surface area contributed by atoms with Gasteiger partial charge in [0.15, 0.2) is 0 Å². The summed E-state index contributed by atoms with van der Waals surface area (Å²) in [6, 6.07) is 9.84. The first kappa shape index (κ1) is 10.4. The van der Waals surface area contributed by atoms with Crippen LogP contribution < -0.4 is 0 Å². The van der Waals surface area contributed by atoms with E-state index >= 15 is 0 Å². The van der Waals surface area contributed by atoms with Gasteiger partial charge in [-0.1, -0.05) is 18.2 Å². The van der Waals surface area contributed by atoms with Gasteiger partial charge in [0, 0.05) is 27.0 Å². The van der Waals surface area contributed by atoms with Crippen LogP contribution in [-0.4, -0.2) is 15.2 Å². The lowest BCUT2D eigenvalue weighted by atomic mass is 10.1. The van der Waals surface area contributed by atoms with Crippen LogP contribution in [0.15, 0.2) is 39.5 Å². The van der Waals surface area contributed by atoms with Gasteiger partial charge in [0.1, 0.15) is 0 Å². The van der Waals surface area contributed by atoms with E-state index in [2.05, 4.69) is 31.1 Å². The number of hydrogen-bond acceptors (Lipinski definition) is 4. The summed E-state index contributed by atoms with van der Waals surface area (Å²) < 4.78 is 5.40. The second-order valence-electron chi connectivity index (χ2n) is 3.69. The van der Waals surface area contributed by atoms with Crippen LogP contribution in [0.1, 0.15) is 5.69 Å². The molecule has 1 aromatic carbocycles. The van der Waals surface area contributed by atoms with Gasteiger partial charge in [0.05, 0.1) is 11.1 Å². The average Bonchev–Trinajstić information content (AvgIpc) is 2.74. The Morgan fingerprint density at radius 3 is 2.76 bits per heavy atom. The number of rotatable bonds is 1. The van der Waals surface area contributed by atoms with Gasteiger partial charge in [-0.15, -0.1) is 10.2 Å². The van der Waals surface area contributed by atoms with Crippen molar-refractivity contribution in [2.75, 3.05) is 0 Å². The molecule has 0 saturated carbocycles. The summed E-state index contributed by atoms with van der Waals surface area (Å²) >= 11 is 3.16. The van der Waals surface area contributed by atoms with Crippen molar-refractivity contribution in [3.63, 3.8) is 0 Å². The van der Waals surface area contributed by atoms with Crippen molar-refractivity contribution in [3.8, 4) is 11.5 Å². The highest BCUT2D eigenvalue weighted by Gasteiger charge is 2.11. The molecule has 84 valence electrons. The lowest BCUT2D eigenvalue weighted by Gasteiger charge is -2.03. The minimum atomic E-state index is 0.381. The zero-order valence-electron chi connectivity index (χ0n) is 9.01. The zero-order valence-corrected chi connectivity index (χ0v) is 10.6. The van der Waals surface area contributed by atoms with Crippen LogP contribution in [0.25, 0.3) is 22.4 Å². The van der Waals surface area contributed by atoms with Crippen molar-refractivity contribution in [3.05, 3.63) is 40.8 Å². The van der Waals surface area contributed by atoms with Gasteiger partial charge in [0.2, 0.25) is 5.89 Å². The van der Waals surface area contributed by atoms with Gasteiger partial charge in [0.25, 0.3) is 4.80 Å². The first-order valence-corrected chi connectivity index (χ1v) is 5.89. The van der Waals surface area contributed by atoms with E-state index in [4.69, 9.17) is 4.42 Å².